The summed E-state index contributed by atoms with van der Waals surface area (Å²) in [5.74, 6) is -0.886. The number of hydrogen-bond donors (Lipinski definition) is 1. The van der Waals surface area contributed by atoms with Crippen molar-refractivity contribution in [3.8, 4) is 0 Å². The molecular weight excluding hydrogens is 232 g/mol. The van der Waals surface area contributed by atoms with Gasteiger partial charge in [-0.25, -0.2) is 4.79 Å². The lowest BCUT2D eigenvalue weighted by atomic mass is 9.96. The van der Waals surface area contributed by atoms with Gasteiger partial charge in [0.05, 0.1) is 5.60 Å². The number of ether oxygens (including phenoxy) is 1. The van der Waals surface area contributed by atoms with Crippen LogP contribution in [0.2, 0.25) is 0 Å². The summed E-state index contributed by atoms with van der Waals surface area (Å²) in [7, 11) is 0. The van der Waals surface area contributed by atoms with Gasteiger partial charge >= 0.3 is 5.97 Å². The number of nitrogens with zero attached hydrogens (tertiary/aromatic N) is 2. The first-order valence-electron chi connectivity index (χ1n) is 6.88. The van der Waals surface area contributed by atoms with Crippen LogP contribution in [0.1, 0.15) is 26.2 Å². The molecule has 0 aliphatic carbocycles. The summed E-state index contributed by atoms with van der Waals surface area (Å²) >= 11 is 0. The van der Waals surface area contributed by atoms with Gasteiger partial charge in [-0.05, 0) is 32.9 Å². The van der Waals surface area contributed by atoms with Crippen LogP contribution in [-0.4, -0.2) is 72.4 Å². The van der Waals surface area contributed by atoms with Gasteiger partial charge in [-0.3, -0.25) is 4.90 Å². The number of aliphatic carboxylic acids is 1. The molecular formula is C13H24N2O3. The zero-order valence-electron chi connectivity index (χ0n) is 11.2. The Hall–Kier alpha value is -0.650. The molecule has 0 aromatic carbocycles. The third kappa shape index (κ3) is 3.93. The lowest BCUT2D eigenvalue weighted by Crippen LogP contribution is -2.62. The van der Waals surface area contributed by atoms with Gasteiger partial charge in [-0.15, -0.1) is 0 Å². The van der Waals surface area contributed by atoms with Crippen LogP contribution in [0.3, 0.4) is 0 Å². The standard InChI is InChI=1S/C13H24N2O3/c1-13(18-9-12(16)17)10-15(11-13)8-7-14-5-3-2-4-6-14/h2-11H2,1H3,(H,16,17). The number of likely N-dealkylation sites (tertiary alicyclic amines) is 2. The molecule has 104 valence electrons. The van der Waals surface area contributed by atoms with Crippen LogP contribution < -0.4 is 0 Å². The van der Waals surface area contributed by atoms with E-state index in [1.54, 1.807) is 0 Å². The molecule has 0 amide bonds. The molecule has 2 saturated heterocycles. The largest absolute Gasteiger partial charge is 0.480 e. The Balaban J connectivity index is 1.58. The first-order valence-corrected chi connectivity index (χ1v) is 6.88. The van der Waals surface area contributed by atoms with E-state index in [1.807, 2.05) is 6.92 Å². The van der Waals surface area contributed by atoms with E-state index < -0.39 is 5.97 Å². The molecule has 0 radical (unpaired) electrons. The molecule has 2 aliphatic rings. The van der Waals surface area contributed by atoms with Crippen LogP contribution in [0, 0.1) is 0 Å². The molecule has 0 atom stereocenters. The van der Waals surface area contributed by atoms with Gasteiger partial charge in [0.1, 0.15) is 6.61 Å². The van der Waals surface area contributed by atoms with E-state index in [4.69, 9.17) is 9.84 Å². The average Bonchev–Trinajstić information content (AvgIpc) is 2.32. The highest BCUT2D eigenvalue weighted by Gasteiger charge is 2.39. The molecule has 0 spiro atoms. The molecule has 0 aromatic rings. The number of hydrogen-bond acceptors (Lipinski definition) is 4. The number of carboxylic acid groups (broad SMARTS) is 1. The first-order chi connectivity index (χ1) is 8.57. The van der Waals surface area contributed by atoms with Crippen LogP contribution in [0.15, 0.2) is 0 Å². The molecule has 0 bridgehead atoms. The highest BCUT2D eigenvalue weighted by atomic mass is 16.5. The second-order valence-corrected chi connectivity index (χ2v) is 5.75. The van der Waals surface area contributed by atoms with Crippen molar-refractivity contribution in [2.24, 2.45) is 0 Å². The van der Waals surface area contributed by atoms with Crippen LogP contribution in [0.25, 0.3) is 0 Å². The van der Waals surface area contributed by atoms with Crippen molar-refractivity contribution in [3.05, 3.63) is 0 Å². The van der Waals surface area contributed by atoms with E-state index in [-0.39, 0.29) is 12.2 Å². The third-order valence-corrected chi connectivity index (χ3v) is 3.84. The minimum atomic E-state index is -0.886. The molecule has 0 unspecified atom stereocenters. The Bertz CT molecular complexity index is 284. The van der Waals surface area contributed by atoms with Crippen LogP contribution >= 0.6 is 0 Å². The molecule has 1 N–H and O–H groups in total. The van der Waals surface area contributed by atoms with Crippen molar-refractivity contribution in [1.82, 2.24) is 9.80 Å². The van der Waals surface area contributed by atoms with Gasteiger partial charge < -0.3 is 14.7 Å². The summed E-state index contributed by atoms with van der Waals surface area (Å²) in [6.45, 7) is 8.20. The fourth-order valence-corrected chi connectivity index (χ4v) is 2.85. The number of rotatable bonds is 6. The Labute approximate surface area is 109 Å². The van der Waals surface area contributed by atoms with Gasteiger partial charge in [0.25, 0.3) is 0 Å². The topological polar surface area (TPSA) is 53.0 Å². The van der Waals surface area contributed by atoms with Crippen molar-refractivity contribution in [2.45, 2.75) is 31.8 Å². The summed E-state index contributed by atoms with van der Waals surface area (Å²) in [6, 6.07) is 0. The van der Waals surface area contributed by atoms with E-state index in [0.717, 1.165) is 26.2 Å². The lowest BCUT2D eigenvalue weighted by molar-refractivity contribution is -0.165. The predicted molar refractivity (Wildman–Crippen MR) is 68.7 cm³/mol. The average molecular weight is 256 g/mol. The SMILES string of the molecule is CC1(OCC(=O)O)CN(CCN2CCCCC2)C1. The highest BCUT2D eigenvalue weighted by Crippen LogP contribution is 2.24. The minimum absolute atomic E-state index is 0.184. The zero-order valence-corrected chi connectivity index (χ0v) is 11.2. The molecule has 2 aliphatic heterocycles. The fourth-order valence-electron chi connectivity index (χ4n) is 2.85. The highest BCUT2D eigenvalue weighted by molar-refractivity contribution is 5.68. The Kier molecular flexibility index (Phi) is 4.59. The second-order valence-electron chi connectivity index (χ2n) is 5.75. The summed E-state index contributed by atoms with van der Waals surface area (Å²) < 4.78 is 5.39. The Morgan fingerprint density at radius 2 is 1.78 bits per heavy atom. The summed E-state index contributed by atoms with van der Waals surface area (Å²) in [6.07, 6.45) is 4.04. The third-order valence-electron chi connectivity index (χ3n) is 3.84. The van der Waals surface area contributed by atoms with Crippen molar-refractivity contribution in [2.75, 3.05) is 45.9 Å². The van der Waals surface area contributed by atoms with E-state index >= 15 is 0 Å². The van der Waals surface area contributed by atoms with Crippen molar-refractivity contribution < 1.29 is 14.6 Å². The van der Waals surface area contributed by atoms with Crippen molar-refractivity contribution >= 4 is 5.97 Å². The molecule has 0 aromatic heterocycles. The molecule has 18 heavy (non-hydrogen) atoms. The molecule has 2 heterocycles. The molecule has 5 heteroatoms. The summed E-state index contributed by atoms with van der Waals surface area (Å²) in [5, 5.41) is 8.59. The van der Waals surface area contributed by atoms with Crippen LogP contribution in [0.4, 0.5) is 0 Å². The van der Waals surface area contributed by atoms with Crippen molar-refractivity contribution in [3.63, 3.8) is 0 Å². The number of piperidine rings is 1. The zero-order chi connectivity index (χ0) is 13.0. The molecule has 2 rings (SSSR count). The van der Waals surface area contributed by atoms with Crippen LogP contribution in [0.5, 0.6) is 0 Å². The maximum Gasteiger partial charge on any atom is 0.329 e. The summed E-state index contributed by atoms with van der Waals surface area (Å²) in [5.41, 5.74) is -0.250. The Morgan fingerprint density at radius 3 is 2.39 bits per heavy atom. The Morgan fingerprint density at radius 1 is 1.17 bits per heavy atom. The van der Waals surface area contributed by atoms with E-state index in [9.17, 15) is 4.79 Å². The monoisotopic (exact) mass is 256 g/mol. The predicted octanol–water partition coefficient (Wildman–Crippen LogP) is 0.648. The van der Waals surface area contributed by atoms with E-state index in [0.29, 0.717) is 0 Å². The number of carboxylic acids is 1. The fraction of sp³-hybridized carbons (Fsp3) is 0.923. The lowest BCUT2D eigenvalue weighted by Gasteiger charge is -2.48. The maximum atomic E-state index is 10.5. The van der Waals surface area contributed by atoms with Gasteiger partial charge in [0, 0.05) is 26.2 Å². The quantitative estimate of drug-likeness (QED) is 0.756. The van der Waals surface area contributed by atoms with Crippen LogP contribution in [-0.2, 0) is 9.53 Å². The number of carbonyl (C=O) groups is 1. The smallest absolute Gasteiger partial charge is 0.329 e. The van der Waals surface area contributed by atoms with Gasteiger partial charge in [-0.1, -0.05) is 6.42 Å². The van der Waals surface area contributed by atoms with E-state index in [1.165, 1.54) is 32.4 Å². The van der Waals surface area contributed by atoms with Gasteiger partial charge in [-0.2, -0.15) is 0 Å². The maximum absolute atomic E-state index is 10.5. The normalized spacial score (nSPS) is 24.7. The molecule has 0 saturated carbocycles. The summed E-state index contributed by atoms with van der Waals surface area (Å²) in [4.78, 5) is 15.3. The molecule has 2 fully saturated rings. The minimum Gasteiger partial charge on any atom is -0.480 e. The molecule has 5 nitrogen and oxygen atoms in total. The second kappa shape index (κ2) is 5.99. The first kappa shape index (κ1) is 13.8. The van der Waals surface area contributed by atoms with E-state index in [2.05, 4.69) is 9.80 Å². The van der Waals surface area contributed by atoms with Gasteiger partial charge in [0.15, 0.2) is 0 Å². The van der Waals surface area contributed by atoms with Crippen molar-refractivity contribution in [1.29, 1.82) is 0 Å². The van der Waals surface area contributed by atoms with Gasteiger partial charge in [0.2, 0.25) is 0 Å².